The molecule has 0 saturated heterocycles. The Morgan fingerprint density at radius 2 is 1.96 bits per heavy atom. The Morgan fingerprint density at radius 3 is 2.71 bits per heavy atom. The Morgan fingerprint density at radius 1 is 1.21 bits per heavy atom. The molecule has 0 unspecified atom stereocenters. The number of hydrogen-bond donors (Lipinski definition) is 3. The van der Waals surface area contributed by atoms with E-state index in [-0.39, 0.29) is 17.1 Å². The molecule has 1 saturated carbocycles. The fraction of sp³-hybridized carbons (Fsp3) is 0.500. The topological polar surface area (TPSA) is 106 Å². The van der Waals surface area contributed by atoms with Crippen LogP contribution in [0.5, 0.6) is 0 Å². The number of hydrogen-bond acceptors (Lipinski definition) is 7. The summed E-state index contributed by atoms with van der Waals surface area (Å²) in [5.74, 6) is 2.13. The number of nitrogens with zero attached hydrogens (tertiary/aromatic N) is 3. The number of amides is 1. The van der Waals surface area contributed by atoms with Gasteiger partial charge in [-0.2, -0.15) is 15.0 Å². The predicted molar refractivity (Wildman–Crippen MR) is 114 cm³/mol. The number of carbonyl (C=O) groups is 1. The summed E-state index contributed by atoms with van der Waals surface area (Å²) in [7, 11) is 0. The SMILES string of the molecule is C[C@H](SCC(=O)N[C@@H]1CCCC[C@@H]1C)c1nc(N)nc(Nc2ccccc2)n1. The van der Waals surface area contributed by atoms with E-state index in [0.717, 1.165) is 12.1 Å². The molecule has 28 heavy (non-hydrogen) atoms. The Hall–Kier alpha value is -2.35. The monoisotopic (exact) mass is 400 g/mol. The smallest absolute Gasteiger partial charge is 0.232 e. The summed E-state index contributed by atoms with van der Waals surface area (Å²) in [6.45, 7) is 4.19. The molecule has 0 aliphatic heterocycles. The van der Waals surface area contributed by atoms with Gasteiger partial charge in [-0.25, -0.2) is 0 Å². The first-order chi connectivity index (χ1) is 13.5. The van der Waals surface area contributed by atoms with Crippen molar-refractivity contribution in [3.05, 3.63) is 36.2 Å². The van der Waals surface area contributed by atoms with E-state index in [9.17, 15) is 4.79 Å². The van der Waals surface area contributed by atoms with Gasteiger partial charge in [-0.15, -0.1) is 11.8 Å². The molecule has 7 nitrogen and oxygen atoms in total. The lowest BCUT2D eigenvalue weighted by Crippen LogP contribution is -2.41. The third kappa shape index (κ3) is 5.82. The molecule has 4 N–H and O–H groups in total. The van der Waals surface area contributed by atoms with Crippen LogP contribution >= 0.6 is 11.8 Å². The highest BCUT2D eigenvalue weighted by Gasteiger charge is 2.23. The van der Waals surface area contributed by atoms with Crippen molar-refractivity contribution in [2.75, 3.05) is 16.8 Å². The number of thioether (sulfide) groups is 1. The van der Waals surface area contributed by atoms with E-state index in [1.54, 1.807) is 0 Å². The minimum Gasteiger partial charge on any atom is -0.368 e. The average molecular weight is 401 g/mol. The second kappa shape index (κ2) is 9.73. The highest BCUT2D eigenvalue weighted by molar-refractivity contribution is 8.00. The Balaban J connectivity index is 1.56. The van der Waals surface area contributed by atoms with E-state index in [1.165, 1.54) is 31.0 Å². The number of para-hydroxylation sites is 1. The van der Waals surface area contributed by atoms with E-state index in [4.69, 9.17) is 5.73 Å². The highest BCUT2D eigenvalue weighted by atomic mass is 32.2. The van der Waals surface area contributed by atoms with Gasteiger partial charge in [0.05, 0.1) is 11.0 Å². The third-order valence-electron chi connectivity index (χ3n) is 4.99. The molecule has 3 atom stereocenters. The Labute approximate surface area is 170 Å². The van der Waals surface area contributed by atoms with Crippen LogP contribution in [0, 0.1) is 5.92 Å². The summed E-state index contributed by atoms with van der Waals surface area (Å²) >= 11 is 1.50. The van der Waals surface area contributed by atoms with Crippen molar-refractivity contribution in [2.24, 2.45) is 5.92 Å². The van der Waals surface area contributed by atoms with Crippen molar-refractivity contribution in [1.29, 1.82) is 0 Å². The van der Waals surface area contributed by atoms with Crippen molar-refractivity contribution in [1.82, 2.24) is 20.3 Å². The molecule has 0 radical (unpaired) electrons. The number of benzene rings is 1. The maximum absolute atomic E-state index is 12.3. The van der Waals surface area contributed by atoms with Crippen molar-refractivity contribution in [3.63, 3.8) is 0 Å². The van der Waals surface area contributed by atoms with Gasteiger partial charge in [0, 0.05) is 11.7 Å². The van der Waals surface area contributed by atoms with Crippen molar-refractivity contribution in [3.8, 4) is 0 Å². The second-order valence-corrected chi connectivity index (χ2v) is 8.58. The maximum atomic E-state index is 12.3. The number of nitrogens with two attached hydrogens (primary N) is 1. The van der Waals surface area contributed by atoms with Crippen LogP contribution in [0.25, 0.3) is 0 Å². The van der Waals surface area contributed by atoms with Gasteiger partial charge in [0.1, 0.15) is 5.82 Å². The van der Waals surface area contributed by atoms with Gasteiger partial charge in [0.15, 0.2) is 0 Å². The van der Waals surface area contributed by atoms with Crippen LogP contribution in [-0.2, 0) is 4.79 Å². The summed E-state index contributed by atoms with van der Waals surface area (Å²) < 4.78 is 0. The van der Waals surface area contributed by atoms with E-state index >= 15 is 0 Å². The zero-order valence-electron chi connectivity index (χ0n) is 16.4. The molecule has 8 heteroatoms. The van der Waals surface area contributed by atoms with Crippen molar-refractivity contribution in [2.45, 2.75) is 50.8 Å². The summed E-state index contributed by atoms with van der Waals surface area (Å²) in [6, 6.07) is 9.95. The first kappa shape index (κ1) is 20.4. The van der Waals surface area contributed by atoms with E-state index in [2.05, 4.69) is 32.5 Å². The van der Waals surface area contributed by atoms with Gasteiger partial charge >= 0.3 is 0 Å². The first-order valence-corrected chi connectivity index (χ1v) is 10.8. The lowest BCUT2D eigenvalue weighted by atomic mass is 9.86. The number of aromatic nitrogens is 3. The van der Waals surface area contributed by atoms with Crippen LogP contribution in [0.15, 0.2) is 30.3 Å². The summed E-state index contributed by atoms with van der Waals surface area (Å²) in [6.07, 6.45) is 4.72. The quantitative estimate of drug-likeness (QED) is 0.651. The lowest BCUT2D eigenvalue weighted by molar-refractivity contribution is -0.119. The van der Waals surface area contributed by atoms with Gasteiger partial charge < -0.3 is 16.4 Å². The van der Waals surface area contributed by atoms with Gasteiger partial charge in [-0.1, -0.05) is 38.0 Å². The molecule has 1 fully saturated rings. The van der Waals surface area contributed by atoms with Gasteiger partial charge in [-0.05, 0) is 37.8 Å². The number of anilines is 3. The molecular weight excluding hydrogens is 372 g/mol. The molecule has 2 aromatic rings. The summed E-state index contributed by atoms with van der Waals surface area (Å²) in [5, 5.41) is 6.24. The van der Waals surface area contributed by atoms with Crippen LogP contribution in [0.3, 0.4) is 0 Å². The lowest BCUT2D eigenvalue weighted by Gasteiger charge is -2.29. The summed E-state index contributed by atoms with van der Waals surface area (Å²) in [4.78, 5) is 25.2. The average Bonchev–Trinajstić information content (AvgIpc) is 2.68. The Kier molecular flexibility index (Phi) is 7.08. The molecule has 1 aromatic carbocycles. The molecular formula is C20H28N6OS. The minimum absolute atomic E-state index is 0.0697. The minimum atomic E-state index is -0.0730. The zero-order chi connectivity index (χ0) is 19.9. The van der Waals surface area contributed by atoms with Gasteiger partial charge in [-0.3, -0.25) is 4.79 Å². The standard InChI is InChI=1S/C20H28N6OS/c1-13-8-6-7-11-16(13)23-17(27)12-28-14(2)18-24-19(21)26-20(25-18)22-15-9-4-3-5-10-15/h3-5,9-10,13-14,16H,6-8,11-12H2,1-2H3,(H,23,27)(H3,21,22,24,25,26)/t13-,14-,16+/m0/s1. The van der Waals surface area contributed by atoms with Crippen LogP contribution in [0.4, 0.5) is 17.6 Å². The van der Waals surface area contributed by atoms with E-state index in [1.807, 2.05) is 37.3 Å². The Bertz CT molecular complexity index is 788. The molecule has 0 bridgehead atoms. The van der Waals surface area contributed by atoms with Crippen LogP contribution in [0.2, 0.25) is 0 Å². The van der Waals surface area contributed by atoms with Gasteiger partial charge in [0.25, 0.3) is 0 Å². The van der Waals surface area contributed by atoms with Crippen molar-refractivity contribution < 1.29 is 4.79 Å². The summed E-state index contributed by atoms with van der Waals surface area (Å²) in [5.41, 5.74) is 6.73. The molecule has 1 amide bonds. The van der Waals surface area contributed by atoms with Crippen LogP contribution in [-0.4, -0.2) is 32.7 Å². The van der Waals surface area contributed by atoms with Crippen LogP contribution < -0.4 is 16.4 Å². The normalized spacial score (nSPS) is 20.4. The molecule has 3 rings (SSSR count). The van der Waals surface area contributed by atoms with Crippen molar-refractivity contribution >= 4 is 35.3 Å². The highest BCUT2D eigenvalue weighted by Crippen LogP contribution is 2.28. The number of carbonyl (C=O) groups excluding carboxylic acids is 1. The molecule has 1 aliphatic carbocycles. The van der Waals surface area contributed by atoms with E-state index in [0.29, 0.717) is 29.5 Å². The fourth-order valence-corrected chi connectivity index (χ4v) is 4.09. The van der Waals surface area contributed by atoms with E-state index < -0.39 is 0 Å². The molecule has 1 aliphatic rings. The fourth-order valence-electron chi connectivity index (χ4n) is 3.35. The molecule has 1 heterocycles. The van der Waals surface area contributed by atoms with Gasteiger partial charge in [0.2, 0.25) is 17.8 Å². The number of nitrogens with one attached hydrogen (secondary N) is 2. The molecule has 0 spiro atoms. The number of rotatable bonds is 7. The predicted octanol–water partition coefficient (Wildman–Crippen LogP) is 3.69. The maximum Gasteiger partial charge on any atom is 0.232 e. The third-order valence-corrected chi connectivity index (χ3v) is 6.13. The van der Waals surface area contributed by atoms with Crippen LogP contribution in [0.1, 0.15) is 50.6 Å². The zero-order valence-corrected chi connectivity index (χ0v) is 17.2. The largest absolute Gasteiger partial charge is 0.368 e. The first-order valence-electron chi connectivity index (χ1n) is 9.75. The second-order valence-electron chi connectivity index (χ2n) is 7.26. The molecule has 150 valence electrons. The molecule has 1 aromatic heterocycles. The number of nitrogen functional groups attached to an aromatic ring is 1.